The van der Waals surface area contributed by atoms with E-state index in [9.17, 15) is 9.59 Å². The number of para-hydroxylation sites is 3. The number of hydrogen-bond donors (Lipinski definition) is 4. The van der Waals surface area contributed by atoms with Crippen LogP contribution in [0.3, 0.4) is 0 Å². The fourth-order valence-electron chi connectivity index (χ4n) is 5.42. The second kappa shape index (κ2) is 12.6. The van der Waals surface area contributed by atoms with Gasteiger partial charge in [-0.2, -0.15) is 0 Å². The van der Waals surface area contributed by atoms with Gasteiger partial charge in [0.1, 0.15) is 0 Å². The maximum atomic E-state index is 12.7. The van der Waals surface area contributed by atoms with Crippen molar-refractivity contribution in [1.29, 1.82) is 0 Å². The molecule has 0 saturated carbocycles. The molecular weight excluding hydrogens is 508 g/mol. The van der Waals surface area contributed by atoms with E-state index in [1.807, 2.05) is 92.8 Å². The number of imide groups is 1. The average Bonchev–Trinajstić information content (AvgIpc) is 3.65. The summed E-state index contributed by atoms with van der Waals surface area (Å²) in [4.78, 5) is 31.9. The summed E-state index contributed by atoms with van der Waals surface area (Å²) >= 11 is 0. The third kappa shape index (κ3) is 6.02. The molecule has 1 aliphatic carbocycles. The lowest BCUT2D eigenvalue weighted by Crippen LogP contribution is -2.22. The third-order valence-electron chi connectivity index (χ3n) is 7.49. The zero-order valence-corrected chi connectivity index (χ0v) is 23.8. The van der Waals surface area contributed by atoms with Crippen molar-refractivity contribution in [1.82, 2.24) is 15.3 Å². The molecule has 1 unspecified atom stereocenters. The predicted molar refractivity (Wildman–Crippen MR) is 169 cm³/mol. The van der Waals surface area contributed by atoms with Crippen LogP contribution >= 0.6 is 0 Å². The Morgan fingerprint density at radius 1 is 0.805 bits per heavy atom. The Morgan fingerprint density at radius 2 is 1.46 bits per heavy atom. The van der Waals surface area contributed by atoms with Gasteiger partial charge in [-0.15, -0.1) is 0 Å². The van der Waals surface area contributed by atoms with Crippen LogP contribution in [0.2, 0.25) is 0 Å². The summed E-state index contributed by atoms with van der Waals surface area (Å²) in [6, 6.07) is 25.6. The van der Waals surface area contributed by atoms with E-state index in [4.69, 9.17) is 0 Å². The quantitative estimate of drug-likeness (QED) is 0.139. The minimum absolute atomic E-state index is 0.358. The number of hydrogen-bond acceptors (Lipinski definition) is 3. The van der Waals surface area contributed by atoms with Crippen LogP contribution in [0, 0.1) is 12.8 Å². The van der Waals surface area contributed by atoms with Gasteiger partial charge in [-0.3, -0.25) is 14.9 Å². The molecule has 2 amide bonds. The van der Waals surface area contributed by atoms with E-state index in [0.29, 0.717) is 11.1 Å². The first-order valence-corrected chi connectivity index (χ1v) is 14.1. The monoisotopic (exact) mass is 544 g/mol. The number of aromatic amines is 2. The highest BCUT2D eigenvalue weighted by Gasteiger charge is 2.35. The van der Waals surface area contributed by atoms with Crippen molar-refractivity contribution in [3.05, 3.63) is 114 Å². The first kappa shape index (κ1) is 27.7. The maximum absolute atomic E-state index is 12.7. The van der Waals surface area contributed by atoms with Crippen LogP contribution in [0.15, 0.2) is 97.2 Å². The number of carbonyl (C=O) groups excluding carboxylic acids is 2. The van der Waals surface area contributed by atoms with Crippen molar-refractivity contribution in [2.75, 3.05) is 12.4 Å². The van der Waals surface area contributed by atoms with Crippen LogP contribution in [0.1, 0.15) is 43.0 Å². The molecule has 1 aliphatic heterocycles. The Kier molecular flexibility index (Phi) is 8.49. The van der Waals surface area contributed by atoms with Crippen molar-refractivity contribution in [3.63, 3.8) is 0 Å². The number of amides is 2. The molecule has 7 rings (SSSR count). The van der Waals surface area contributed by atoms with Gasteiger partial charge in [-0.25, -0.2) is 0 Å². The molecule has 0 fully saturated rings. The summed E-state index contributed by atoms with van der Waals surface area (Å²) in [5, 5.41) is 7.35. The number of carbonyl (C=O) groups is 2. The van der Waals surface area contributed by atoms with Gasteiger partial charge in [0, 0.05) is 57.6 Å². The molecule has 0 spiro atoms. The van der Waals surface area contributed by atoms with Gasteiger partial charge in [0.25, 0.3) is 11.8 Å². The number of benzene rings is 3. The van der Waals surface area contributed by atoms with Gasteiger partial charge >= 0.3 is 0 Å². The van der Waals surface area contributed by atoms with Crippen LogP contribution in [0.5, 0.6) is 0 Å². The molecule has 4 N–H and O–H groups in total. The standard InChI is InChI=1S/C21H15N3O2.C7H9N.C7H12/c1-11-17(13-7-3-5-9-16(13)23-11)19-18(20(25)24-21(19)26)14-10-22-15-8-4-2-6-12(14)15;1-8-7-5-3-2-4-6-7;1-7-5-3-2-4-6-7/h2-10,22-23H,1H3,(H,24,25,26);2-6,8H,1H3;3,5,7H,2,4,6H2,1H3. The number of rotatable bonds is 3. The van der Waals surface area contributed by atoms with E-state index >= 15 is 0 Å². The Morgan fingerprint density at radius 3 is 2.10 bits per heavy atom. The number of fused-ring (bicyclic) bond motifs is 2. The molecule has 1 atom stereocenters. The number of aryl methyl sites for hydroxylation is 1. The summed E-state index contributed by atoms with van der Waals surface area (Å²) in [6.45, 7) is 4.20. The molecule has 0 bridgehead atoms. The van der Waals surface area contributed by atoms with Crippen LogP contribution in [-0.4, -0.2) is 28.8 Å². The van der Waals surface area contributed by atoms with Crippen LogP contribution < -0.4 is 10.6 Å². The summed E-state index contributed by atoms with van der Waals surface area (Å²) in [5.74, 6) is 0.135. The number of nitrogens with one attached hydrogen (secondary N) is 4. The molecule has 6 nitrogen and oxygen atoms in total. The second-order valence-electron chi connectivity index (χ2n) is 10.4. The van der Waals surface area contributed by atoms with Crippen molar-refractivity contribution >= 4 is 50.5 Å². The topological polar surface area (TPSA) is 89.8 Å². The smallest absolute Gasteiger partial charge is 0.259 e. The summed E-state index contributed by atoms with van der Waals surface area (Å²) in [7, 11) is 1.91. The SMILES string of the molecule is CC1C=CCCC1.CNc1ccccc1.Cc1[nH]c2ccccc2c1C1=C(c2c[nH]c3ccccc23)C(=O)NC1=O. The zero-order valence-electron chi connectivity index (χ0n) is 23.8. The highest BCUT2D eigenvalue weighted by Crippen LogP contribution is 2.38. The van der Waals surface area contributed by atoms with E-state index in [1.54, 1.807) is 6.20 Å². The van der Waals surface area contributed by atoms with Crippen LogP contribution in [0.25, 0.3) is 33.0 Å². The third-order valence-corrected chi connectivity index (χ3v) is 7.49. The van der Waals surface area contributed by atoms with E-state index < -0.39 is 0 Å². The highest BCUT2D eigenvalue weighted by atomic mass is 16.2. The molecular formula is C35H36N4O2. The average molecular weight is 545 g/mol. The molecule has 0 saturated heterocycles. The van der Waals surface area contributed by atoms with Gasteiger partial charge in [-0.05, 0) is 56.4 Å². The zero-order chi connectivity index (χ0) is 28.8. The maximum Gasteiger partial charge on any atom is 0.259 e. The normalized spacial score (nSPS) is 16.2. The van der Waals surface area contributed by atoms with E-state index in [-0.39, 0.29) is 11.8 Å². The molecule has 2 aliphatic rings. The summed E-state index contributed by atoms with van der Waals surface area (Å²) in [6.07, 6.45) is 10.5. The molecule has 2 aromatic heterocycles. The minimum atomic E-state index is -0.362. The Balaban J connectivity index is 0.000000184. The van der Waals surface area contributed by atoms with Gasteiger partial charge in [0.15, 0.2) is 0 Å². The number of allylic oxidation sites excluding steroid dienone is 2. The van der Waals surface area contributed by atoms with Gasteiger partial charge in [-0.1, -0.05) is 73.7 Å². The van der Waals surface area contributed by atoms with Crippen molar-refractivity contribution in [2.24, 2.45) is 5.92 Å². The lowest BCUT2D eigenvalue weighted by molar-refractivity contribution is -0.122. The number of H-pyrrole nitrogens is 2. The molecule has 0 radical (unpaired) electrons. The first-order valence-electron chi connectivity index (χ1n) is 14.1. The molecule has 208 valence electrons. The lowest BCUT2D eigenvalue weighted by atomic mass is 9.94. The van der Waals surface area contributed by atoms with Gasteiger partial charge in [0.2, 0.25) is 0 Å². The van der Waals surface area contributed by atoms with Crippen molar-refractivity contribution in [2.45, 2.75) is 33.1 Å². The summed E-state index contributed by atoms with van der Waals surface area (Å²) in [5.41, 5.74) is 6.26. The highest BCUT2D eigenvalue weighted by molar-refractivity contribution is 6.51. The second-order valence-corrected chi connectivity index (χ2v) is 10.4. The summed E-state index contributed by atoms with van der Waals surface area (Å²) < 4.78 is 0. The molecule has 3 heterocycles. The van der Waals surface area contributed by atoms with Gasteiger partial charge in [0.05, 0.1) is 11.1 Å². The van der Waals surface area contributed by atoms with Crippen LogP contribution in [0.4, 0.5) is 5.69 Å². The minimum Gasteiger partial charge on any atom is -0.388 e. The predicted octanol–water partition coefficient (Wildman–Crippen LogP) is 7.62. The van der Waals surface area contributed by atoms with Gasteiger partial charge < -0.3 is 15.3 Å². The first-order chi connectivity index (χ1) is 20.0. The lowest BCUT2D eigenvalue weighted by Gasteiger charge is -2.08. The fraction of sp³-hybridized carbons (Fsp3) is 0.200. The van der Waals surface area contributed by atoms with E-state index in [0.717, 1.165) is 50.2 Å². The Bertz CT molecular complexity index is 1740. The largest absolute Gasteiger partial charge is 0.388 e. The van der Waals surface area contributed by atoms with E-state index in [1.165, 1.54) is 19.3 Å². The van der Waals surface area contributed by atoms with E-state index in [2.05, 4.69) is 39.7 Å². The van der Waals surface area contributed by atoms with Crippen molar-refractivity contribution < 1.29 is 9.59 Å². The molecule has 5 aromatic rings. The molecule has 41 heavy (non-hydrogen) atoms. The number of aromatic nitrogens is 2. The molecule has 3 aromatic carbocycles. The Hall–Kier alpha value is -4.84. The van der Waals surface area contributed by atoms with Crippen molar-refractivity contribution in [3.8, 4) is 0 Å². The number of anilines is 1. The molecule has 6 heteroatoms. The van der Waals surface area contributed by atoms with Crippen LogP contribution in [-0.2, 0) is 9.59 Å². The fourth-order valence-corrected chi connectivity index (χ4v) is 5.42. The Labute approximate surface area is 240 Å².